The molecule has 0 heterocycles. The van der Waals surface area contributed by atoms with Gasteiger partial charge in [0.15, 0.2) is 6.79 Å². The Morgan fingerprint density at radius 2 is 1.69 bits per heavy atom. The third-order valence-electron chi connectivity index (χ3n) is 4.96. The summed E-state index contributed by atoms with van der Waals surface area (Å²) in [5, 5.41) is 11.5. The number of hydrogen-bond acceptors (Lipinski definition) is 4. The summed E-state index contributed by atoms with van der Waals surface area (Å²) in [5.74, 6) is -3.15. The van der Waals surface area contributed by atoms with Crippen LogP contribution in [0.25, 0.3) is 11.1 Å². The molecule has 5 nitrogen and oxygen atoms in total. The summed E-state index contributed by atoms with van der Waals surface area (Å²) in [6.45, 7) is 2.80. The van der Waals surface area contributed by atoms with Crippen LogP contribution in [0.15, 0.2) is 36.4 Å². The first kappa shape index (κ1) is 28.4. The van der Waals surface area contributed by atoms with Gasteiger partial charge in [0.25, 0.3) is 0 Å². The van der Waals surface area contributed by atoms with Crippen LogP contribution >= 0.6 is 0 Å². The molecule has 0 aliphatic carbocycles. The van der Waals surface area contributed by atoms with Gasteiger partial charge in [0, 0.05) is 18.2 Å². The third kappa shape index (κ3) is 7.56. The average molecular weight is 511 g/mol. The summed E-state index contributed by atoms with van der Waals surface area (Å²) in [6.07, 6.45) is -9.82. The maximum Gasteiger partial charge on any atom is 0.416 e. The molecule has 0 radical (unpaired) electrons. The zero-order chi connectivity index (χ0) is 26.6. The Morgan fingerprint density at radius 1 is 1.03 bits per heavy atom. The highest BCUT2D eigenvalue weighted by atomic mass is 19.4. The van der Waals surface area contributed by atoms with E-state index in [1.807, 2.05) is 0 Å². The predicted octanol–water partition coefficient (Wildman–Crippen LogP) is 6.19. The standard InChI is InChI=1S/C23H24F7NO4/c1-12(2)8-18(21(32)33)31-20(23(28,29)30)13-4-6-15(19(9-13)35-11-34-3)16-10-14(22(25,26)27)5-7-17(16)24/h4-7,9-10,12,18,20,31H,8,11H2,1-3H3,(H,32,33). The SMILES string of the molecule is COCOc1cc(C(NC(CC(C)C)C(=O)O)C(F)(F)F)ccc1-c1cc(C(F)(F)F)ccc1F. The van der Waals surface area contributed by atoms with Gasteiger partial charge in [-0.15, -0.1) is 0 Å². The van der Waals surface area contributed by atoms with Crippen molar-refractivity contribution in [3.8, 4) is 16.9 Å². The van der Waals surface area contributed by atoms with Gasteiger partial charge in [0.2, 0.25) is 0 Å². The van der Waals surface area contributed by atoms with E-state index in [-0.39, 0.29) is 23.7 Å². The number of rotatable bonds is 10. The maximum atomic E-state index is 14.5. The van der Waals surface area contributed by atoms with Gasteiger partial charge in [-0.2, -0.15) is 26.3 Å². The second-order valence-corrected chi connectivity index (χ2v) is 8.16. The van der Waals surface area contributed by atoms with E-state index in [9.17, 15) is 40.6 Å². The van der Waals surface area contributed by atoms with Crippen molar-refractivity contribution in [2.75, 3.05) is 13.9 Å². The zero-order valence-electron chi connectivity index (χ0n) is 18.9. The molecule has 2 aromatic carbocycles. The van der Waals surface area contributed by atoms with Crippen molar-refractivity contribution in [3.05, 3.63) is 53.3 Å². The van der Waals surface area contributed by atoms with Gasteiger partial charge in [-0.1, -0.05) is 26.0 Å². The van der Waals surface area contributed by atoms with Crippen LogP contribution < -0.4 is 10.1 Å². The molecule has 0 saturated carbocycles. The molecule has 2 rings (SSSR count). The van der Waals surface area contributed by atoms with Crippen LogP contribution in [0.3, 0.4) is 0 Å². The molecule has 0 amide bonds. The molecular formula is C23H24F7NO4. The summed E-state index contributed by atoms with van der Waals surface area (Å²) in [7, 11) is 1.21. The molecule has 0 aliphatic rings. The number of benzene rings is 2. The maximum absolute atomic E-state index is 14.5. The van der Waals surface area contributed by atoms with Gasteiger partial charge >= 0.3 is 18.3 Å². The number of carbonyl (C=O) groups is 1. The van der Waals surface area contributed by atoms with Crippen molar-refractivity contribution >= 4 is 5.97 Å². The topological polar surface area (TPSA) is 67.8 Å². The number of methoxy groups -OCH3 is 1. The molecule has 2 atom stereocenters. The van der Waals surface area contributed by atoms with E-state index in [1.165, 1.54) is 7.11 Å². The number of ether oxygens (including phenoxy) is 2. The second-order valence-electron chi connectivity index (χ2n) is 8.16. The minimum Gasteiger partial charge on any atom is -0.480 e. The van der Waals surface area contributed by atoms with Crippen molar-refractivity contribution in [3.63, 3.8) is 0 Å². The molecule has 2 N–H and O–H groups in total. The van der Waals surface area contributed by atoms with E-state index in [4.69, 9.17) is 9.47 Å². The number of aliphatic carboxylic acids is 1. The molecule has 0 aliphatic heterocycles. The normalized spacial score (nSPS) is 14.1. The summed E-state index contributed by atoms with van der Waals surface area (Å²) in [5.41, 5.74) is -2.43. The van der Waals surface area contributed by atoms with E-state index in [2.05, 4.69) is 5.32 Å². The van der Waals surface area contributed by atoms with Crippen LogP contribution in [0, 0.1) is 11.7 Å². The lowest BCUT2D eigenvalue weighted by atomic mass is 9.96. The molecule has 194 valence electrons. The Labute approximate surface area is 196 Å². The molecule has 0 spiro atoms. The summed E-state index contributed by atoms with van der Waals surface area (Å²) in [4.78, 5) is 11.5. The van der Waals surface area contributed by atoms with Crippen molar-refractivity contribution in [1.29, 1.82) is 0 Å². The molecular weight excluding hydrogens is 487 g/mol. The van der Waals surface area contributed by atoms with Gasteiger partial charge in [-0.25, -0.2) is 4.39 Å². The van der Waals surface area contributed by atoms with Gasteiger partial charge < -0.3 is 14.6 Å². The molecule has 2 unspecified atom stereocenters. The Bertz CT molecular complexity index is 1020. The van der Waals surface area contributed by atoms with E-state index >= 15 is 0 Å². The fraction of sp³-hybridized carbons (Fsp3) is 0.435. The number of carboxylic acid groups (broad SMARTS) is 1. The number of alkyl halides is 6. The van der Waals surface area contributed by atoms with E-state index in [1.54, 1.807) is 13.8 Å². The Balaban J connectivity index is 2.61. The largest absolute Gasteiger partial charge is 0.480 e. The zero-order valence-corrected chi connectivity index (χ0v) is 18.9. The number of hydrogen-bond donors (Lipinski definition) is 2. The summed E-state index contributed by atoms with van der Waals surface area (Å²) >= 11 is 0. The highest BCUT2D eigenvalue weighted by Crippen LogP contribution is 2.41. The monoisotopic (exact) mass is 511 g/mol. The smallest absolute Gasteiger partial charge is 0.416 e. The fourth-order valence-electron chi connectivity index (χ4n) is 3.38. The Kier molecular flexibility index (Phi) is 9.12. The summed E-state index contributed by atoms with van der Waals surface area (Å²) < 4.78 is 106. The number of halogens is 7. The lowest BCUT2D eigenvalue weighted by Crippen LogP contribution is -2.45. The highest BCUT2D eigenvalue weighted by Gasteiger charge is 2.43. The first-order chi connectivity index (χ1) is 16.1. The molecule has 0 aromatic heterocycles. The quantitative estimate of drug-likeness (QED) is 0.294. The molecule has 0 saturated heterocycles. The number of nitrogens with one attached hydrogen (secondary N) is 1. The van der Waals surface area contributed by atoms with E-state index in [0.29, 0.717) is 18.2 Å². The van der Waals surface area contributed by atoms with Crippen LogP contribution in [0.4, 0.5) is 30.7 Å². The minimum absolute atomic E-state index is 0.0948. The van der Waals surface area contributed by atoms with Crippen LogP contribution in [0.1, 0.15) is 37.4 Å². The first-order valence-corrected chi connectivity index (χ1v) is 10.3. The molecule has 2 aromatic rings. The molecule has 0 fully saturated rings. The van der Waals surface area contributed by atoms with Crippen molar-refractivity contribution < 1.29 is 50.1 Å². The van der Waals surface area contributed by atoms with Gasteiger partial charge in [0.1, 0.15) is 23.7 Å². The third-order valence-corrected chi connectivity index (χ3v) is 4.96. The first-order valence-electron chi connectivity index (χ1n) is 10.3. The lowest BCUT2D eigenvalue weighted by molar-refractivity contribution is -0.163. The molecule has 12 heteroatoms. The summed E-state index contributed by atoms with van der Waals surface area (Å²) in [6, 6.07) is 0.437. The van der Waals surface area contributed by atoms with Crippen LogP contribution in [-0.2, 0) is 15.7 Å². The number of carboxylic acids is 1. The van der Waals surface area contributed by atoms with Crippen LogP contribution in [-0.4, -0.2) is 37.2 Å². The predicted molar refractivity (Wildman–Crippen MR) is 112 cm³/mol. The second kappa shape index (κ2) is 11.3. The van der Waals surface area contributed by atoms with E-state index in [0.717, 1.165) is 18.2 Å². The lowest BCUT2D eigenvalue weighted by Gasteiger charge is -2.27. The van der Waals surface area contributed by atoms with Crippen LogP contribution in [0.5, 0.6) is 5.75 Å². The van der Waals surface area contributed by atoms with Crippen LogP contribution in [0.2, 0.25) is 0 Å². The van der Waals surface area contributed by atoms with Gasteiger partial charge in [-0.05, 0) is 42.2 Å². The Morgan fingerprint density at radius 3 is 2.20 bits per heavy atom. The fourth-order valence-corrected chi connectivity index (χ4v) is 3.38. The van der Waals surface area contributed by atoms with Gasteiger partial charge in [0.05, 0.1) is 5.56 Å². The highest BCUT2D eigenvalue weighted by molar-refractivity contribution is 5.74. The van der Waals surface area contributed by atoms with Crippen molar-refractivity contribution in [2.45, 2.75) is 44.7 Å². The van der Waals surface area contributed by atoms with Crippen molar-refractivity contribution in [2.24, 2.45) is 5.92 Å². The van der Waals surface area contributed by atoms with Gasteiger partial charge in [-0.3, -0.25) is 10.1 Å². The Hall–Kier alpha value is -2.86. The van der Waals surface area contributed by atoms with Crippen molar-refractivity contribution in [1.82, 2.24) is 5.32 Å². The molecule has 0 bridgehead atoms. The average Bonchev–Trinajstić information content (AvgIpc) is 2.73. The van der Waals surface area contributed by atoms with E-state index < -0.39 is 59.7 Å². The minimum atomic E-state index is -4.94. The molecule has 35 heavy (non-hydrogen) atoms.